The minimum absolute atomic E-state index is 0.0663. The summed E-state index contributed by atoms with van der Waals surface area (Å²) in [7, 11) is 0. The largest absolute Gasteiger partial charge is 0.462 e. The van der Waals surface area contributed by atoms with Crippen molar-refractivity contribution in [3.05, 3.63) is 0 Å². The van der Waals surface area contributed by atoms with Crippen molar-refractivity contribution in [1.29, 1.82) is 0 Å². The predicted molar refractivity (Wildman–Crippen MR) is 206 cm³/mol. The second-order valence-electron chi connectivity index (χ2n) is 15.6. The fourth-order valence-electron chi connectivity index (χ4n) is 6.22. The summed E-state index contributed by atoms with van der Waals surface area (Å²) < 4.78 is 16.6. The first kappa shape index (κ1) is 47.4. The monoisotopic (exact) mass is 695 g/mol. The van der Waals surface area contributed by atoms with Gasteiger partial charge in [0.25, 0.3) is 0 Å². The number of carbonyl (C=O) groups is 3. The van der Waals surface area contributed by atoms with Crippen LogP contribution in [0.2, 0.25) is 0 Å². The van der Waals surface area contributed by atoms with E-state index in [9.17, 15) is 14.4 Å². The highest BCUT2D eigenvalue weighted by molar-refractivity contribution is 5.71. The minimum Gasteiger partial charge on any atom is -0.462 e. The molecule has 0 radical (unpaired) electrons. The number of carbonyl (C=O) groups excluding carboxylic acids is 3. The normalized spacial score (nSPS) is 12.1. The fraction of sp³-hybridized carbons (Fsp3) is 0.930. The zero-order chi connectivity index (χ0) is 36.2. The van der Waals surface area contributed by atoms with Crippen LogP contribution in [-0.2, 0) is 28.6 Å². The quantitative estimate of drug-likeness (QED) is 0.0366. The van der Waals surface area contributed by atoms with Gasteiger partial charge in [-0.1, -0.05) is 189 Å². The molecule has 0 aromatic heterocycles. The van der Waals surface area contributed by atoms with Gasteiger partial charge in [0, 0.05) is 19.3 Å². The Kier molecular flexibility index (Phi) is 35.0. The Hall–Kier alpha value is -1.59. The zero-order valence-corrected chi connectivity index (χ0v) is 33.3. The Morgan fingerprint density at radius 2 is 0.673 bits per heavy atom. The zero-order valence-electron chi connectivity index (χ0n) is 33.3. The van der Waals surface area contributed by atoms with Gasteiger partial charge in [-0.25, -0.2) is 0 Å². The van der Waals surface area contributed by atoms with Crippen molar-refractivity contribution in [2.24, 2.45) is 11.8 Å². The summed E-state index contributed by atoms with van der Waals surface area (Å²) in [6.45, 7) is 11.2. The first-order valence-electron chi connectivity index (χ1n) is 21.2. The summed E-state index contributed by atoms with van der Waals surface area (Å²) in [5.41, 5.74) is 0. The Morgan fingerprint density at radius 1 is 0.388 bits per heavy atom. The molecule has 0 saturated heterocycles. The molecule has 6 nitrogen and oxygen atoms in total. The van der Waals surface area contributed by atoms with Gasteiger partial charge in [0.05, 0.1) is 0 Å². The maximum absolute atomic E-state index is 12.6. The van der Waals surface area contributed by atoms with Crippen LogP contribution in [0.15, 0.2) is 0 Å². The third kappa shape index (κ3) is 37.5. The third-order valence-electron chi connectivity index (χ3n) is 9.47. The van der Waals surface area contributed by atoms with Crippen molar-refractivity contribution in [1.82, 2.24) is 0 Å². The first-order chi connectivity index (χ1) is 23.7. The van der Waals surface area contributed by atoms with E-state index >= 15 is 0 Å². The molecule has 290 valence electrons. The van der Waals surface area contributed by atoms with Crippen LogP contribution in [0.4, 0.5) is 0 Å². The van der Waals surface area contributed by atoms with Gasteiger partial charge >= 0.3 is 17.9 Å². The van der Waals surface area contributed by atoms with Crippen molar-refractivity contribution < 1.29 is 28.6 Å². The molecule has 0 aromatic carbocycles. The van der Waals surface area contributed by atoms with Crippen molar-refractivity contribution in [2.75, 3.05) is 13.2 Å². The van der Waals surface area contributed by atoms with E-state index in [-0.39, 0.29) is 31.1 Å². The van der Waals surface area contributed by atoms with E-state index in [2.05, 4.69) is 34.6 Å². The maximum atomic E-state index is 12.6. The van der Waals surface area contributed by atoms with E-state index in [4.69, 9.17) is 14.2 Å². The lowest BCUT2D eigenvalue weighted by Gasteiger charge is -2.18. The van der Waals surface area contributed by atoms with Crippen molar-refractivity contribution >= 4 is 17.9 Å². The number of unbranched alkanes of at least 4 members (excludes halogenated alkanes) is 22. The third-order valence-corrected chi connectivity index (χ3v) is 9.47. The Morgan fingerprint density at radius 3 is 1.00 bits per heavy atom. The average molecular weight is 695 g/mol. The van der Waals surface area contributed by atoms with E-state index in [0.29, 0.717) is 19.3 Å². The molecule has 0 aliphatic rings. The minimum atomic E-state index is -0.759. The lowest BCUT2D eigenvalue weighted by molar-refractivity contribution is -0.167. The molecule has 0 aliphatic carbocycles. The van der Waals surface area contributed by atoms with Gasteiger partial charge in [-0.05, 0) is 31.1 Å². The first-order valence-corrected chi connectivity index (χ1v) is 21.2. The second kappa shape index (κ2) is 36.2. The lowest BCUT2D eigenvalue weighted by atomic mass is 10.0. The van der Waals surface area contributed by atoms with Gasteiger partial charge < -0.3 is 14.2 Å². The number of hydrogen-bond donors (Lipinski definition) is 0. The Balaban J connectivity index is 4.34. The molecule has 0 aromatic rings. The van der Waals surface area contributed by atoms with Crippen LogP contribution >= 0.6 is 0 Å². The van der Waals surface area contributed by atoms with Crippen LogP contribution in [0.1, 0.15) is 227 Å². The topological polar surface area (TPSA) is 78.9 Å². The molecule has 0 amide bonds. The van der Waals surface area contributed by atoms with E-state index in [1.54, 1.807) is 0 Å². The molecule has 0 rings (SSSR count). The molecule has 0 aliphatic heterocycles. The molecule has 0 N–H and O–H groups in total. The Bertz CT molecular complexity index is 749. The molecule has 0 unspecified atom stereocenters. The smallest absolute Gasteiger partial charge is 0.306 e. The molecule has 6 heteroatoms. The number of hydrogen-bond acceptors (Lipinski definition) is 6. The van der Waals surface area contributed by atoms with E-state index in [0.717, 1.165) is 69.6 Å². The van der Waals surface area contributed by atoms with Crippen molar-refractivity contribution in [2.45, 2.75) is 233 Å². The second-order valence-corrected chi connectivity index (χ2v) is 15.6. The van der Waals surface area contributed by atoms with Gasteiger partial charge in [-0.2, -0.15) is 0 Å². The van der Waals surface area contributed by atoms with Crippen LogP contribution in [0.3, 0.4) is 0 Å². The molecule has 0 bridgehead atoms. The highest BCUT2D eigenvalue weighted by atomic mass is 16.6. The summed E-state index contributed by atoms with van der Waals surface area (Å²) in [5, 5.41) is 0. The SMILES string of the molecule is CCCCCCCCCCCC(=O)OC[C@H](COC(=O)CCCCCCCCCCCC(C)C)OC(=O)CCCCCCCCCC(C)C. The summed E-state index contributed by atoms with van der Waals surface area (Å²) in [6, 6.07) is 0. The molecular weight excluding hydrogens is 612 g/mol. The van der Waals surface area contributed by atoms with E-state index in [1.165, 1.54) is 116 Å². The number of rotatable bonds is 37. The summed E-state index contributed by atoms with van der Waals surface area (Å²) >= 11 is 0. The number of esters is 3. The highest BCUT2D eigenvalue weighted by Crippen LogP contribution is 2.16. The Labute approximate surface area is 304 Å². The molecule has 1 atom stereocenters. The summed E-state index contributed by atoms with van der Waals surface area (Å²) in [6.07, 6.45) is 32.4. The van der Waals surface area contributed by atoms with Gasteiger partial charge in [0.1, 0.15) is 13.2 Å². The van der Waals surface area contributed by atoms with Crippen LogP contribution in [0.25, 0.3) is 0 Å². The number of ether oxygens (including phenoxy) is 3. The van der Waals surface area contributed by atoms with Crippen LogP contribution in [-0.4, -0.2) is 37.2 Å². The standard InChI is InChI=1S/C43H82O6/c1-6-7-8-9-10-12-18-23-28-33-41(44)47-36-40(49-43(46)35-30-25-20-15-17-22-27-32-39(4)5)37-48-42(45)34-29-24-19-14-11-13-16-21-26-31-38(2)3/h38-40H,6-37H2,1-5H3/t40-/m1/s1. The van der Waals surface area contributed by atoms with Crippen LogP contribution in [0, 0.1) is 11.8 Å². The van der Waals surface area contributed by atoms with E-state index in [1.807, 2.05) is 0 Å². The molecule has 49 heavy (non-hydrogen) atoms. The molecule has 0 saturated carbocycles. The molecular formula is C43H82O6. The van der Waals surface area contributed by atoms with Gasteiger partial charge in [-0.15, -0.1) is 0 Å². The van der Waals surface area contributed by atoms with Crippen molar-refractivity contribution in [3.8, 4) is 0 Å². The van der Waals surface area contributed by atoms with Crippen LogP contribution < -0.4 is 0 Å². The van der Waals surface area contributed by atoms with Gasteiger partial charge in [0.2, 0.25) is 0 Å². The maximum Gasteiger partial charge on any atom is 0.306 e. The van der Waals surface area contributed by atoms with Crippen molar-refractivity contribution in [3.63, 3.8) is 0 Å². The van der Waals surface area contributed by atoms with Gasteiger partial charge in [0.15, 0.2) is 6.10 Å². The summed E-state index contributed by atoms with van der Waals surface area (Å²) in [5.74, 6) is 0.719. The molecule has 0 fully saturated rings. The molecule has 0 heterocycles. The van der Waals surface area contributed by atoms with Crippen LogP contribution in [0.5, 0.6) is 0 Å². The molecule has 0 spiro atoms. The summed E-state index contributed by atoms with van der Waals surface area (Å²) in [4.78, 5) is 37.5. The highest BCUT2D eigenvalue weighted by Gasteiger charge is 2.19. The lowest BCUT2D eigenvalue weighted by Crippen LogP contribution is -2.30. The fourth-order valence-corrected chi connectivity index (χ4v) is 6.22. The van der Waals surface area contributed by atoms with E-state index < -0.39 is 6.10 Å². The van der Waals surface area contributed by atoms with Gasteiger partial charge in [-0.3, -0.25) is 14.4 Å². The average Bonchev–Trinajstić information content (AvgIpc) is 3.06. The predicted octanol–water partition coefficient (Wildman–Crippen LogP) is 13.0.